The van der Waals surface area contributed by atoms with Gasteiger partial charge in [0.2, 0.25) is 0 Å². The third kappa shape index (κ3) is 4.05. The lowest BCUT2D eigenvalue weighted by Gasteiger charge is -2.08. The molecule has 2 aromatic rings. The SMILES string of the molecule is O=S(=O)(Nc1cccc(F)c1)c1ccc(C#CCO)cc1. The van der Waals surface area contributed by atoms with Gasteiger partial charge in [0.05, 0.1) is 10.6 Å². The summed E-state index contributed by atoms with van der Waals surface area (Å²) >= 11 is 0. The first-order valence-electron chi connectivity index (χ1n) is 5.99. The Bertz CT molecular complexity index is 790. The van der Waals surface area contributed by atoms with E-state index in [9.17, 15) is 12.8 Å². The van der Waals surface area contributed by atoms with Gasteiger partial charge in [-0.25, -0.2) is 12.8 Å². The number of aliphatic hydroxyl groups is 1. The summed E-state index contributed by atoms with van der Waals surface area (Å²) < 4.78 is 39.6. The molecular weight excluding hydrogens is 293 g/mol. The number of nitrogens with one attached hydrogen (secondary N) is 1. The zero-order valence-electron chi connectivity index (χ0n) is 10.9. The summed E-state index contributed by atoms with van der Waals surface area (Å²) in [7, 11) is -3.78. The van der Waals surface area contributed by atoms with Crippen LogP contribution < -0.4 is 4.72 Å². The summed E-state index contributed by atoms with van der Waals surface area (Å²) in [4.78, 5) is 0.0429. The van der Waals surface area contributed by atoms with Crippen LogP contribution in [0.3, 0.4) is 0 Å². The first-order valence-corrected chi connectivity index (χ1v) is 7.48. The average molecular weight is 305 g/mol. The Morgan fingerprint density at radius 1 is 1.14 bits per heavy atom. The number of anilines is 1. The van der Waals surface area contributed by atoms with Crippen molar-refractivity contribution in [1.29, 1.82) is 0 Å². The molecule has 0 aromatic heterocycles. The summed E-state index contributed by atoms with van der Waals surface area (Å²) in [6.07, 6.45) is 0. The minimum atomic E-state index is -3.78. The number of rotatable bonds is 3. The van der Waals surface area contributed by atoms with E-state index in [0.29, 0.717) is 5.56 Å². The number of hydrogen-bond acceptors (Lipinski definition) is 3. The summed E-state index contributed by atoms with van der Waals surface area (Å²) in [5, 5.41) is 8.59. The van der Waals surface area contributed by atoms with Crippen LogP contribution in [0.1, 0.15) is 5.56 Å². The van der Waals surface area contributed by atoms with Gasteiger partial charge in [-0.15, -0.1) is 0 Å². The molecule has 2 aromatic carbocycles. The largest absolute Gasteiger partial charge is 0.384 e. The molecule has 0 fully saturated rings. The number of hydrogen-bond donors (Lipinski definition) is 2. The Balaban J connectivity index is 2.23. The van der Waals surface area contributed by atoms with E-state index >= 15 is 0 Å². The summed E-state index contributed by atoms with van der Waals surface area (Å²) in [6, 6.07) is 11.0. The Labute approximate surface area is 122 Å². The molecule has 0 saturated carbocycles. The van der Waals surface area contributed by atoms with Crippen molar-refractivity contribution >= 4 is 15.7 Å². The third-order valence-electron chi connectivity index (χ3n) is 2.55. The van der Waals surface area contributed by atoms with Gasteiger partial charge >= 0.3 is 0 Å². The Morgan fingerprint density at radius 2 is 1.86 bits per heavy atom. The highest BCUT2D eigenvalue weighted by Gasteiger charge is 2.14. The van der Waals surface area contributed by atoms with Gasteiger partial charge in [-0.3, -0.25) is 4.72 Å². The van der Waals surface area contributed by atoms with E-state index in [1.54, 1.807) is 0 Å². The Hall–Kier alpha value is -2.36. The highest BCUT2D eigenvalue weighted by molar-refractivity contribution is 7.92. The van der Waals surface area contributed by atoms with Crippen LogP contribution in [0.4, 0.5) is 10.1 Å². The van der Waals surface area contributed by atoms with E-state index in [0.717, 1.165) is 6.07 Å². The number of halogens is 1. The quantitative estimate of drug-likeness (QED) is 0.852. The molecule has 2 N–H and O–H groups in total. The molecule has 2 rings (SSSR count). The average Bonchev–Trinajstić information content (AvgIpc) is 2.45. The molecule has 0 bridgehead atoms. The fourth-order valence-corrected chi connectivity index (χ4v) is 2.67. The van der Waals surface area contributed by atoms with Gasteiger partial charge in [-0.2, -0.15) is 0 Å². The predicted molar refractivity (Wildman–Crippen MR) is 77.6 cm³/mol. The van der Waals surface area contributed by atoms with Crippen LogP contribution in [0.15, 0.2) is 53.4 Å². The van der Waals surface area contributed by atoms with Gasteiger partial charge in [0, 0.05) is 5.56 Å². The van der Waals surface area contributed by atoms with Crippen molar-refractivity contribution in [2.45, 2.75) is 4.90 Å². The molecule has 0 aliphatic carbocycles. The molecule has 0 atom stereocenters. The normalized spacial score (nSPS) is 10.6. The molecule has 0 amide bonds. The smallest absolute Gasteiger partial charge is 0.261 e. The summed E-state index contributed by atoms with van der Waals surface area (Å²) in [6.45, 7) is -0.263. The molecule has 6 heteroatoms. The summed E-state index contributed by atoms with van der Waals surface area (Å²) in [5.41, 5.74) is 0.743. The van der Waals surface area contributed by atoms with Gasteiger partial charge in [-0.05, 0) is 42.5 Å². The van der Waals surface area contributed by atoms with Gasteiger partial charge in [0.1, 0.15) is 12.4 Å². The van der Waals surface area contributed by atoms with E-state index in [1.807, 2.05) is 0 Å². The maximum Gasteiger partial charge on any atom is 0.261 e. The summed E-state index contributed by atoms with van der Waals surface area (Å²) in [5.74, 6) is 4.61. The van der Waals surface area contributed by atoms with Crippen LogP contribution in [0.2, 0.25) is 0 Å². The second kappa shape index (κ2) is 6.39. The lowest BCUT2D eigenvalue weighted by molar-refractivity contribution is 0.350. The first-order chi connectivity index (χ1) is 10.0. The van der Waals surface area contributed by atoms with Crippen LogP contribution in [-0.2, 0) is 10.0 Å². The molecule has 0 heterocycles. The molecule has 0 aliphatic rings. The number of sulfonamides is 1. The zero-order valence-corrected chi connectivity index (χ0v) is 11.7. The van der Waals surface area contributed by atoms with Crippen molar-refractivity contribution in [3.8, 4) is 11.8 Å². The topological polar surface area (TPSA) is 66.4 Å². The fraction of sp³-hybridized carbons (Fsp3) is 0.0667. The van der Waals surface area contributed by atoms with Gasteiger partial charge < -0.3 is 5.11 Å². The van der Waals surface area contributed by atoms with E-state index < -0.39 is 15.8 Å². The van der Waals surface area contributed by atoms with Crippen LogP contribution in [-0.4, -0.2) is 20.1 Å². The van der Waals surface area contributed by atoms with E-state index in [-0.39, 0.29) is 17.2 Å². The highest BCUT2D eigenvalue weighted by Crippen LogP contribution is 2.17. The second-order valence-electron chi connectivity index (χ2n) is 4.10. The van der Waals surface area contributed by atoms with Crippen LogP contribution in [0, 0.1) is 17.7 Å². The van der Waals surface area contributed by atoms with Crippen LogP contribution >= 0.6 is 0 Å². The Kier molecular flexibility index (Phi) is 4.58. The molecule has 108 valence electrons. The lowest BCUT2D eigenvalue weighted by atomic mass is 10.2. The minimum absolute atomic E-state index is 0.0429. The third-order valence-corrected chi connectivity index (χ3v) is 3.95. The van der Waals surface area contributed by atoms with Gasteiger partial charge in [0.15, 0.2) is 0 Å². The maximum absolute atomic E-state index is 13.0. The van der Waals surface area contributed by atoms with Crippen LogP contribution in [0.5, 0.6) is 0 Å². The lowest BCUT2D eigenvalue weighted by Crippen LogP contribution is -2.12. The van der Waals surface area contributed by atoms with Crippen molar-refractivity contribution in [2.24, 2.45) is 0 Å². The molecule has 0 saturated heterocycles. The molecule has 4 nitrogen and oxygen atoms in total. The molecule has 0 radical (unpaired) electrons. The Morgan fingerprint density at radius 3 is 2.48 bits per heavy atom. The first kappa shape index (κ1) is 15.0. The molecule has 0 aliphatic heterocycles. The highest BCUT2D eigenvalue weighted by atomic mass is 32.2. The van der Waals surface area contributed by atoms with E-state index in [4.69, 9.17) is 5.11 Å². The number of aliphatic hydroxyl groups excluding tert-OH is 1. The van der Waals surface area contributed by atoms with Crippen molar-refractivity contribution < 1.29 is 17.9 Å². The van der Waals surface area contributed by atoms with Crippen LogP contribution in [0.25, 0.3) is 0 Å². The van der Waals surface area contributed by atoms with Crippen molar-refractivity contribution in [3.63, 3.8) is 0 Å². The zero-order chi connectivity index (χ0) is 15.3. The second-order valence-corrected chi connectivity index (χ2v) is 5.78. The van der Waals surface area contributed by atoms with Crippen molar-refractivity contribution in [3.05, 3.63) is 59.9 Å². The molecular formula is C15H12FNO3S. The fourth-order valence-electron chi connectivity index (χ4n) is 1.63. The van der Waals surface area contributed by atoms with E-state index in [2.05, 4.69) is 16.6 Å². The molecule has 21 heavy (non-hydrogen) atoms. The predicted octanol–water partition coefficient (Wildman–Crippen LogP) is 1.97. The standard InChI is InChI=1S/C15H12FNO3S/c16-13-4-1-5-14(11-13)17-21(19,20)15-8-6-12(7-9-15)3-2-10-18/h1,4-9,11,17-18H,10H2. The monoisotopic (exact) mass is 305 g/mol. The van der Waals surface area contributed by atoms with Gasteiger partial charge in [0.25, 0.3) is 10.0 Å². The van der Waals surface area contributed by atoms with Crippen molar-refractivity contribution in [1.82, 2.24) is 0 Å². The van der Waals surface area contributed by atoms with E-state index in [1.165, 1.54) is 42.5 Å². The number of benzene rings is 2. The maximum atomic E-state index is 13.0. The minimum Gasteiger partial charge on any atom is -0.384 e. The molecule has 0 unspecified atom stereocenters. The van der Waals surface area contributed by atoms with Gasteiger partial charge in [-0.1, -0.05) is 17.9 Å². The van der Waals surface area contributed by atoms with Crippen molar-refractivity contribution in [2.75, 3.05) is 11.3 Å². The molecule has 0 spiro atoms.